The normalized spacial score (nSPS) is 22.0. The lowest BCUT2D eigenvalue weighted by Gasteiger charge is -2.33. The molecule has 0 saturated carbocycles. The number of benzene rings is 1. The molecule has 0 spiro atoms. The average molecular weight is 616 g/mol. The molecule has 2 fully saturated rings. The summed E-state index contributed by atoms with van der Waals surface area (Å²) in [6, 6.07) is 11.6. The van der Waals surface area contributed by atoms with Crippen molar-refractivity contribution in [1.29, 1.82) is 0 Å². The summed E-state index contributed by atoms with van der Waals surface area (Å²) >= 11 is 6.06. The Kier molecular flexibility index (Phi) is 6.65. The lowest BCUT2D eigenvalue weighted by Crippen LogP contribution is -2.35. The number of ether oxygens (including phenoxy) is 3. The van der Waals surface area contributed by atoms with Crippen molar-refractivity contribution < 1.29 is 18.7 Å². The molecule has 0 bridgehead atoms. The Morgan fingerprint density at radius 2 is 1.95 bits per heavy atom. The molecule has 5 aromatic rings. The van der Waals surface area contributed by atoms with Gasteiger partial charge >= 0.3 is 5.76 Å². The Labute approximate surface area is 256 Å². The molecule has 0 aliphatic carbocycles. The summed E-state index contributed by atoms with van der Waals surface area (Å²) in [6.45, 7) is 5.93. The molecule has 2 atom stereocenters. The summed E-state index contributed by atoms with van der Waals surface area (Å²) < 4.78 is 25.4. The van der Waals surface area contributed by atoms with E-state index in [0.717, 1.165) is 73.9 Å². The third-order valence-corrected chi connectivity index (χ3v) is 9.00. The zero-order valence-electron chi connectivity index (χ0n) is 24.0. The number of piperidine rings is 1. The number of rotatable bonds is 7. The van der Waals surface area contributed by atoms with Gasteiger partial charge in [-0.25, -0.2) is 9.78 Å². The highest BCUT2D eigenvalue weighted by molar-refractivity contribution is 6.30. The highest BCUT2D eigenvalue weighted by Gasteiger charge is 2.42. The maximum Gasteiger partial charge on any atom is 0.439 e. The van der Waals surface area contributed by atoms with E-state index in [-0.39, 0.29) is 11.9 Å². The van der Waals surface area contributed by atoms with E-state index in [4.69, 9.17) is 30.8 Å². The zero-order valence-corrected chi connectivity index (χ0v) is 24.8. The van der Waals surface area contributed by atoms with Crippen LogP contribution in [0.15, 0.2) is 58.1 Å². The van der Waals surface area contributed by atoms with Crippen LogP contribution in [0.4, 0.5) is 0 Å². The number of H-pyrrole nitrogens is 1. The predicted molar refractivity (Wildman–Crippen MR) is 160 cm³/mol. The van der Waals surface area contributed by atoms with Gasteiger partial charge in [0.25, 0.3) is 5.79 Å². The maximum absolute atomic E-state index is 11.5. The fourth-order valence-electron chi connectivity index (χ4n) is 6.32. The van der Waals surface area contributed by atoms with E-state index in [1.54, 1.807) is 18.5 Å². The zero-order chi connectivity index (χ0) is 29.8. The minimum absolute atomic E-state index is 0.166. The number of fused-ring (bicyclic) bond motifs is 2. The number of hydrogen-bond donors (Lipinski definition) is 1. The SMILES string of the molecule is C[C@]1(c2ccc(Cl)cn2)Oc2cccc(C3CCN(Cc4nc5cc(-c6noc(=O)[nH]6)ncc5n4C[C@@H]4CCO4)CC3)c2O1. The van der Waals surface area contributed by atoms with Crippen molar-refractivity contribution in [3.63, 3.8) is 0 Å². The van der Waals surface area contributed by atoms with E-state index in [1.807, 2.05) is 31.2 Å². The van der Waals surface area contributed by atoms with Gasteiger partial charge in [0.1, 0.15) is 17.2 Å². The Morgan fingerprint density at radius 3 is 2.68 bits per heavy atom. The summed E-state index contributed by atoms with van der Waals surface area (Å²) in [6.07, 6.45) is 6.54. The molecule has 4 aromatic heterocycles. The molecule has 1 aromatic carbocycles. The minimum Gasteiger partial charge on any atom is -0.443 e. The number of hydrogen-bond acceptors (Lipinski definition) is 10. The fraction of sp³-hybridized carbons (Fsp3) is 0.387. The second kappa shape index (κ2) is 10.7. The summed E-state index contributed by atoms with van der Waals surface area (Å²) in [4.78, 5) is 30.5. The van der Waals surface area contributed by atoms with Crippen LogP contribution >= 0.6 is 11.6 Å². The number of imidazole rings is 1. The maximum atomic E-state index is 11.5. The number of pyridine rings is 2. The van der Waals surface area contributed by atoms with Gasteiger partial charge < -0.3 is 18.8 Å². The first kappa shape index (κ1) is 27.3. The first-order chi connectivity index (χ1) is 21.4. The Morgan fingerprint density at radius 1 is 1.09 bits per heavy atom. The van der Waals surface area contributed by atoms with E-state index in [1.165, 1.54) is 5.56 Å². The van der Waals surface area contributed by atoms with Gasteiger partial charge in [0, 0.05) is 25.3 Å². The number of para-hydroxylation sites is 1. The van der Waals surface area contributed by atoms with Gasteiger partial charge in [-0.1, -0.05) is 28.9 Å². The lowest BCUT2D eigenvalue weighted by atomic mass is 9.88. The van der Waals surface area contributed by atoms with E-state index >= 15 is 0 Å². The molecule has 7 heterocycles. The third kappa shape index (κ3) is 4.92. The van der Waals surface area contributed by atoms with Crippen LogP contribution < -0.4 is 15.2 Å². The van der Waals surface area contributed by atoms with Crippen LogP contribution in [-0.4, -0.2) is 60.4 Å². The van der Waals surface area contributed by atoms with Crippen LogP contribution in [-0.2, 0) is 23.6 Å². The monoisotopic (exact) mass is 615 g/mol. The van der Waals surface area contributed by atoms with Crippen LogP contribution in [0, 0.1) is 0 Å². The van der Waals surface area contributed by atoms with Crippen molar-refractivity contribution in [2.24, 2.45) is 0 Å². The van der Waals surface area contributed by atoms with Crippen LogP contribution in [0.1, 0.15) is 49.2 Å². The van der Waals surface area contributed by atoms with E-state index in [2.05, 4.69) is 40.2 Å². The third-order valence-electron chi connectivity index (χ3n) is 8.77. The second-order valence-electron chi connectivity index (χ2n) is 11.7. The standard InChI is InChI=1S/C31H30ClN7O5/c1-31(26-6-5-19(32)14-34-26)42-25-4-2-3-21(28(25)43-31)18-7-10-38(11-8-18)17-27-35-22-13-23(29-36-30(40)44-37-29)33-15-24(22)39(27)16-20-9-12-41-20/h2-6,13-15,18,20H,7-12,16-17H2,1H3,(H,36,37,40)/t20-,31-/m0/s1. The molecule has 8 rings (SSSR count). The van der Waals surface area contributed by atoms with Crippen molar-refractivity contribution in [1.82, 2.24) is 34.6 Å². The van der Waals surface area contributed by atoms with Crippen molar-refractivity contribution >= 4 is 22.6 Å². The average Bonchev–Trinajstić information content (AvgIpc) is 3.69. The molecule has 226 valence electrons. The van der Waals surface area contributed by atoms with Gasteiger partial charge in [-0.2, -0.15) is 0 Å². The minimum atomic E-state index is -1.01. The van der Waals surface area contributed by atoms with Crippen LogP contribution in [0.5, 0.6) is 11.5 Å². The Balaban J connectivity index is 0.999. The highest BCUT2D eigenvalue weighted by Crippen LogP contribution is 2.49. The number of aromatic nitrogens is 6. The van der Waals surface area contributed by atoms with Gasteiger partial charge in [-0.15, -0.1) is 0 Å². The number of halogens is 1. The first-order valence-corrected chi connectivity index (χ1v) is 15.2. The Bertz CT molecular complexity index is 1890. The van der Waals surface area contributed by atoms with Crippen molar-refractivity contribution in [3.8, 4) is 23.0 Å². The summed E-state index contributed by atoms with van der Waals surface area (Å²) in [5.41, 5.74) is 4.06. The molecular formula is C31H30ClN7O5. The molecule has 0 amide bonds. The molecule has 0 radical (unpaired) electrons. The number of aromatic amines is 1. The quantitative estimate of drug-likeness (QED) is 0.276. The van der Waals surface area contributed by atoms with Gasteiger partial charge in [-0.3, -0.25) is 24.4 Å². The molecule has 3 aliphatic rings. The molecule has 12 nitrogen and oxygen atoms in total. The molecule has 2 saturated heterocycles. The largest absolute Gasteiger partial charge is 0.443 e. The van der Waals surface area contributed by atoms with E-state index in [9.17, 15) is 4.79 Å². The van der Waals surface area contributed by atoms with Crippen LogP contribution in [0.3, 0.4) is 0 Å². The van der Waals surface area contributed by atoms with E-state index < -0.39 is 11.5 Å². The highest BCUT2D eigenvalue weighted by atomic mass is 35.5. The molecule has 13 heteroatoms. The number of likely N-dealkylation sites (tertiary alicyclic amines) is 1. The second-order valence-corrected chi connectivity index (χ2v) is 12.1. The van der Waals surface area contributed by atoms with Crippen molar-refractivity contribution in [2.45, 2.75) is 57.1 Å². The molecule has 44 heavy (non-hydrogen) atoms. The van der Waals surface area contributed by atoms with Gasteiger partial charge in [0.2, 0.25) is 5.82 Å². The summed E-state index contributed by atoms with van der Waals surface area (Å²) in [5, 5.41) is 4.34. The topological polar surface area (TPSA) is 133 Å². The van der Waals surface area contributed by atoms with Crippen LogP contribution in [0.25, 0.3) is 22.6 Å². The van der Waals surface area contributed by atoms with Gasteiger partial charge in [0.05, 0.1) is 41.4 Å². The fourth-order valence-corrected chi connectivity index (χ4v) is 6.43. The summed E-state index contributed by atoms with van der Waals surface area (Å²) in [5.74, 6) is 1.48. The van der Waals surface area contributed by atoms with Gasteiger partial charge in [-0.05, 0) is 62.5 Å². The smallest absolute Gasteiger partial charge is 0.439 e. The molecule has 0 unspecified atom stereocenters. The first-order valence-electron chi connectivity index (χ1n) is 14.8. The molecule has 1 N–H and O–H groups in total. The Hall–Kier alpha value is -4.26. The van der Waals surface area contributed by atoms with Crippen LogP contribution in [0.2, 0.25) is 5.02 Å². The summed E-state index contributed by atoms with van der Waals surface area (Å²) in [7, 11) is 0. The molecular weight excluding hydrogens is 586 g/mol. The molecule has 3 aliphatic heterocycles. The number of nitrogens with zero attached hydrogens (tertiary/aromatic N) is 6. The van der Waals surface area contributed by atoms with Gasteiger partial charge in [0.15, 0.2) is 11.5 Å². The van der Waals surface area contributed by atoms with Crippen molar-refractivity contribution in [3.05, 3.63) is 81.4 Å². The lowest BCUT2D eigenvalue weighted by molar-refractivity contribution is -0.0722. The number of nitrogens with one attached hydrogen (secondary N) is 1. The van der Waals surface area contributed by atoms with Crippen molar-refractivity contribution in [2.75, 3.05) is 19.7 Å². The van der Waals surface area contributed by atoms with E-state index in [0.29, 0.717) is 28.9 Å². The predicted octanol–water partition coefficient (Wildman–Crippen LogP) is 4.64.